The molecule has 4 aliphatic carbocycles. The van der Waals surface area contributed by atoms with E-state index in [2.05, 4.69) is 13.0 Å². The fourth-order valence-corrected chi connectivity index (χ4v) is 6.65. The van der Waals surface area contributed by atoms with Gasteiger partial charge in [-0.15, -0.1) is 0 Å². The summed E-state index contributed by atoms with van der Waals surface area (Å²) in [5.74, 6) is 3.53. The van der Waals surface area contributed by atoms with E-state index < -0.39 is 6.16 Å². The van der Waals surface area contributed by atoms with Gasteiger partial charge < -0.3 is 9.47 Å². The van der Waals surface area contributed by atoms with Gasteiger partial charge in [-0.1, -0.05) is 13.0 Å². The highest BCUT2D eigenvalue weighted by atomic mass is 16.7. The molecule has 0 spiro atoms. The van der Waals surface area contributed by atoms with Crippen molar-refractivity contribution in [2.24, 2.45) is 35.0 Å². The zero-order chi connectivity index (χ0) is 17.6. The average Bonchev–Trinajstić information content (AvgIpc) is 2.91. The van der Waals surface area contributed by atoms with Gasteiger partial charge in [0.25, 0.3) is 0 Å². The average molecular weight is 346 g/mol. The smallest absolute Gasteiger partial charge is 0.435 e. The molecule has 138 valence electrons. The second kappa shape index (κ2) is 6.44. The Bertz CT molecular complexity index is 582. The summed E-state index contributed by atoms with van der Waals surface area (Å²) in [6.45, 7) is 4.51. The van der Waals surface area contributed by atoms with Gasteiger partial charge in [0.15, 0.2) is 5.78 Å². The molecule has 0 heterocycles. The van der Waals surface area contributed by atoms with E-state index in [9.17, 15) is 9.59 Å². The molecule has 3 fully saturated rings. The van der Waals surface area contributed by atoms with Crippen LogP contribution in [0.15, 0.2) is 12.2 Å². The highest BCUT2D eigenvalue weighted by Crippen LogP contribution is 2.62. The topological polar surface area (TPSA) is 52.6 Å². The maximum atomic E-state index is 11.8. The minimum Gasteiger partial charge on any atom is -0.435 e. The molecule has 0 aliphatic heterocycles. The summed E-state index contributed by atoms with van der Waals surface area (Å²) in [4.78, 5) is 23.6. The van der Waals surface area contributed by atoms with Crippen LogP contribution in [0.5, 0.6) is 0 Å². The number of carbonyl (C=O) groups excluding carboxylic acids is 2. The predicted molar refractivity (Wildman–Crippen MR) is 93.9 cm³/mol. The maximum absolute atomic E-state index is 11.8. The van der Waals surface area contributed by atoms with E-state index in [0.717, 1.165) is 25.7 Å². The third-order valence-electron chi connectivity index (χ3n) is 7.78. The van der Waals surface area contributed by atoms with Gasteiger partial charge in [0.1, 0.15) is 6.10 Å². The van der Waals surface area contributed by atoms with Crippen molar-refractivity contribution in [2.75, 3.05) is 6.61 Å². The molecular weight excluding hydrogens is 316 g/mol. The molecule has 0 bridgehead atoms. The van der Waals surface area contributed by atoms with E-state index in [1.54, 1.807) is 0 Å². The summed E-state index contributed by atoms with van der Waals surface area (Å²) < 4.78 is 10.7. The number of hydrogen-bond acceptors (Lipinski definition) is 4. The summed E-state index contributed by atoms with van der Waals surface area (Å²) in [5, 5.41) is 0. The van der Waals surface area contributed by atoms with Crippen molar-refractivity contribution in [2.45, 2.75) is 64.9 Å². The largest absolute Gasteiger partial charge is 0.508 e. The van der Waals surface area contributed by atoms with Crippen molar-refractivity contribution < 1.29 is 19.1 Å². The van der Waals surface area contributed by atoms with Crippen LogP contribution in [-0.4, -0.2) is 24.6 Å². The standard InChI is InChI=1S/C21H30O4/c1-3-24-20(23)25-19-9-8-18-17-6-4-13-12-14(22)5-7-15(13)16(17)10-11-21(18,19)2/h5,7,13,15-19H,3-4,6,8-12H2,1-2H3/t13?,15?,16-,17-,18+,19+,21+/m1/s1. The van der Waals surface area contributed by atoms with Crippen molar-refractivity contribution in [1.82, 2.24) is 0 Å². The van der Waals surface area contributed by atoms with Gasteiger partial charge >= 0.3 is 6.16 Å². The molecule has 0 radical (unpaired) electrons. The van der Waals surface area contributed by atoms with Crippen LogP contribution in [0.1, 0.15) is 58.8 Å². The zero-order valence-electron chi connectivity index (χ0n) is 15.4. The molecule has 0 N–H and O–H groups in total. The van der Waals surface area contributed by atoms with Crippen molar-refractivity contribution in [3.05, 3.63) is 12.2 Å². The Morgan fingerprint density at radius 1 is 1.20 bits per heavy atom. The second-order valence-corrected chi connectivity index (χ2v) is 8.79. The first kappa shape index (κ1) is 17.1. The number of rotatable bonds is 2. The Labute approximate surface area is 150 Å². The molecular formula is C21H30O4. The van der Waals surface area contributed by atoms with E-state index in [0.29, 0.717) is 42.0 Å². The van der Waals surface area contributed by atoms with Crippen LogP contribution in [0.3, 0.4) is 0 Å². The number of fused-ring (bicyclic) bond motifs is 5. The quantitative estimate of drug-likeness (QED) is 0.690. The Balaban J connectivity index is 1.51. The molecule has 0 aromatic rings. The van der Waals surface area contributed by atoms with E-state index in [-0.39, 0.29) is 11.5 Å². The SMILES string of the molecule is CCOC(=O)O[C@H]1CC[C@H]2[C@@H]3CCC4CC(=O)C=CC4[C@H]3CC[C@]12C. The molecule has 0 aromatic carbocycles. The Morgan fingerprint density at radius 2 is 2.04 bits per heavy atom. The molecule has 4 aliphatic rings. The lowest BCUT2D eigenvalue weighted by Gasteiger charge is -2.54. The van der Waals surface area contributed by atoms with Crippen LogP contribution in [0.25, 0.3) is 0 Å². The van der Waals surface area contributed by atoms with Crippen LogP contribution in [-0.2, 0) is 14.3 Å². The van der Waals surface area contributed by atoms with Gasteiger partial charge in [-0.25, -0.2) is 4.79 Å². The fourth-order valence-electron chi connectivity index (χ4n) is 6.65. The summed E-state index contributed by atoms with van der Waals surface area (Å²) >= 11 is 0. The number of allylic oxidation sites excluding steroid dienone is 2. The van der Waals surface area contributed by atoms with Crippen LogP contribution < -0.4 is 0 Å². The lowest BCUT2D eigenvalue weighted by atomic mass is 9.51. The molecule has 2 unspecified atom stereocenters. The first-order chi connectivity index (χ1) is 12.0. The summed E-state index contributed by atoms with van der Waals surface area (Å²) in [7, 11) is 0. The zero-order valence-corrected chi connectivity index (χ0v) is 15.4. The summed E-state index contributed by atoms with van der Waals surface area (Å²) in [6, 6.07) is 0. The number of hydrogen-bond donors (Lipinski definition) is 0. The fraction of sp³-hybridized carbons (Fsp3) is 0.810. The first-order valence-corrected chi connectivity index (χ1v) is 10.1. The van der Waals surface area contributed by atoms with Crippen LogP contribution in [0.2, 0.25) is 0 Å². The lowest BCUT2D eigenvalue weighted by molar-refractivity contribution is -0.118. The second-order valence-electron chi connectivity index (χ2n) is 8.79. The molecule has 0 amide bonds. The summed E-state index contributed by atoms with van der Waals surface area (Å²) in [6.07, 6.45) is 11.1. The van der Waals surface area contributed by atoms with E-state index >= 15 is 0 Å². The van der Waals surface area contributed by atoms with E-state index in [1.165, 1.54) is 19.3 Å². The monoisotopic (exact) mass is 346 g/mol. The first-order valence-electron chi connectivity index (χ1n) is 10.1. The third-order valence-corrected chi connectivity index (χ3v) is 7.78. The van der Waals surface area contributed by atoms with Crippen LogP contribution >= 0.6 is 0 Å². The highest BCUT2D eigenvalue weighted by molar-refractivity contribution is 5.90. The Hall–Kier alpha value is -1.32. The number of ketones is 1. The van der Waals surface area contributed by atoms with Gasteiger partial charge in [-0.2, -0.15) is 0 Å². The van der Waals surface area contributed by atoms with Crippen molar-refractivity contribution >= 4 is 11.9 Å². The molecule has 3 saturated carbocycles. The highest BCUT2D eigenvalue weighted by Gasteiger charge is 2.58. The molecule has 4 heteroatoms. The Morgan fingerprint density at radius 3 is 2.84 bits per heavy atom. The molecule has 7 atom stereocenters. The van der Waals surface area contributed by atoms with Gasteiger partial charge in [-0.3, -0.25) is 4.79 Å². The maximum Gasteiger partial charge on any atom is 0.508 e. The molecule has 4 rings (SSSR count). The van der Waals surface area contributed by atoms with Crippen LogP contribution in [0.4, 0.5) is 4.79 Å². The third kappa shape index (κ3) is 2.82. The van der Waals surface area contributed by atoms with Gasteiger partial charge in [-0.05, 0) is 81.1 Å². The predicted octanol–water partition coefficient (Wildman–Crippen LogP) is 4.53. The normalized spacial score (nSPS) is 45.3. The number of carbonyl (C=O) groups is 2. The Kier molecular flexibility index (Phi) is 4.41. The van der Waals surface area contributed by atoms with Gasteiger partial charge in [0, 0.05) is 11.8 Å². The molecule has 25 heavy (non-hydrogen) atoms. The molecule has 0 aromatic heterocycles. The minimum absolute atomic E-state index is 0.00120. The summed E-state index contributed by atoms with van der Waals surface area (Å²) in [5.41, 5.74) is 0.0922. The van der Waals surface area contributed by atoms with Crippen LogP contribution in [0, 0.1) is 35.0 Å². The van der Waals surface area contributed by atoms with Gasteiger partial charge in [0.2, 0.25) is 0 Å². The van der Waals surface area contributed by atoms with Crippen molar-refractivity contribution in [3.63, 3.8) is 0 Å². The van der Waals surface area contributed by atoms with Crippen molar-refractivity contribution in [1.29, 1.82) is 0 Å². The minimum atomic E-state index is -0.506. The van der Waals surface area contributed by atoms with E-state index in [1.807, 2.05) is 13.0 Å². The van der Waals surface area contributed by atoms with E-state index in [4.69, 9.17) is 9.47 Å². The lowest BCUT2D eigenvalue weighted by Crippen LogP contribution is -2.49. The number of ether oxygens (including phenoxy) is 2. The molecule has 4 nitrogen and oxygen atoms in total. The van der Waals surface area contributed by atoms with Crippen molar-refractivity contribution in [3.8, 4) is 0 Å². The van der Waals surface area contributed by atoms with Gasteiger partial charge in [0.05, 0.1) is 6.61 Å². The molecule has 0 saturated heterocycles.